The van der Waals surface area contributed by atoms with Gasteiger partial charge in [0.15, 0.2) is 0 Å². The van der Waals surface area contributed by atoms with Crippen molar-refractivity contribution in [1.82, 2.24) is 0 Å². The van der Waals surface area contributed by atoms with Crippen molar-refractivity contribution in [2.75, 3.05) is 13.2 Å². The van der Waals surface area contributed by atoms with Gasteiger partial charge < -0.3 is 10.8 Å². The first kappa shape index (κ1) is 11.0. The van der Waals surface area contributed by atoms with Crippen molar-refractivity contribution < 1.29 is 14.2 Å². The Morgan fingerprint density at radius 2 is 2.36 bits per heavy atom. The van der Waals surface area contributed by atoms with Crippen LogP contribution in [-0.2, 0) is 9.09 Å². The van der Waals surface area contributed by atoms with Gasteiger partial charge in [0, 0.05) is 6.42 Å². The van der Waals surface area contributed by atoms with Crippen molar-refractivity contribution in [3.63, 3.8) is 0 Å². The average Bonchev–Trinajstić information content (AvgIpc) is 2.00. The fraction of sp³-hybridized carbons (Fsp3) is 1.00. The smallest absolute Gasteiger partial charge is 0.349 e. The van der Waals surface area contributed by atoms with E-state index in [0.29, 0.717) is 19.6 Å². The first-order valence-corrected chi connectivity index (χ1v) is 4.94. The molecule has 0 aromatic rings. The van der Waals surface area contributed by atoms with Crippen LogP contribution in [0.25, 0.3) is 0 Å². The second kappa shape index (κ2) is 6.68. The first-order valence-electron chi connectivity index (χ1n) is 3.69. The highest BCUT2D eigenvalue weighted by molar-refractivity contribution is 7.39. The molecule has 0 bridgehead atoms. The minimum Gasteiger partial charge on any atom is -0.349 e. The van der Waals surface area contributed by atoms with Crippen LogP contribution in [0.1, 0.15) is 19.8 Å². The average molecular weight is 180 g/mol. The van der Waals surface area contributed by atoms with Gasteiger partial charge in [-0.15, -0.1) is 4.52 Å². The molecule has 0 aromatic carbocycles. The lowest BCUT2D eigenvalue weighted by molar-refractivity contribution is 0.211. The van der Waals surface area contributed by atoms with Gasteiger partial charge in [0.25, 0.3) is 5.85 Å². The van der Waals surface area contributed by atoms with Crippen LogP contribution >= 0.6 is 8.03 Å². The van der Waals surface area contributed by atoms with Crippen molar-refractivity contribution in [3.8, 4) is 0 Å². The van der Waals surface area contributed by atoms with Gasteiger partial charge in [-0.25, -0.2) is 0 Å². The van der Waals surface area contributed by atoms with E-state index in [2.05, 4.69) is 0 Å². The molecule has 0 fully saturated rings. The summed E-state index contributed by atoms with van der Waals surface area (Å²) in [6, 6.07) is 0. The quantitative estimate of drug-likeness (QED) is 0.593. The molecule has 2 unspecified atom stereocenters. The van der Waals surface area contributed by atoms with Gasteiger partial charge >= 0.3 is 8.03 Å². The predicted octanol–water partition coefficient (Wildman–Crippen LogP) is 0.823. The molecule has 0 spiro atoms. The zero-order valence-corrected chi connectivity index (χ0v) is 7.59. The molecule has 0 radical (unpaired) electrons. The Morgan fingerprint density at radius 3 is 2.82 bits per heavy atom. The van der Waals surface area contributed by atoms with Crippen LogP contribution in [0.2, 0.25) is 0 Å². The van der Waals surface area contributed by atoms with Gasteiger partial charge in [-0.2, -0.15) is 0 Å². The van der Waals surface area contributed by atoms with Crippen LogP contribution in [0.3, 0.4) is 0 Å². The molecule has 0 amide bonds. The number of rotatable bonds is 6. The highest BCUT2D eigenvalue weighted by atomic mass is 31.1. The van der Waals surface area contributed by atoms with E-state index in [9.17, 15) is 4.57 Å². The van der Waals surface area contributed by atoms with Crippen molar-refractivity contribution in [2.24, 2.45) is 5.73 Å². The minimum absolute atomic E-state index is 0.331. The van der Waals surface area contributed by atoms with E-state index in [1.165, 1.54) is 0 Å². The molecule has 2 atom stereocenters. The van der Waals surface area contributed by atoms with E-state index in [1.54, 1.807) is 0 Å². The zero-order valence-electron chi connectivity index (χ0n) is 6.69. The Bertz CT molecular complexity index is 120. The Morgan fingerprint density at radius 1 is 1.73 bits per heavy atom. The second-order valence-corrected chi connectivity index (χ2v) is 3.60. The van der Waals surface area contributed by atoms with Crippen LogP contribution in [-0.4, -0.2) is 24.1 Å². The van der Waals surface area contributed by atoms with Crippen LogP contribution in [0.5, 0.6) is 0 Å². The summed E-state index contributed by atoms with van der Waals surface area (Å²) in [5.41, 5.74) is 5.15. The normalized spacial score (nSPS) is 14.6. The molecule has 0 heterocycles. The number of hydrogen-bond acceptors (Lipinski definition) is 4. The maximum atomic E-state index is 10.9. The second-order valence-electron chi connectivity index (χ2n) is 2.18. The largest absolute Gasteiger partial charge is 0.540 e. The first-order chi connectivity index (χ1) is 5.22. The molecule has 0 rings (SSSR count). The number of aliphatic hydroxyl groups excluding tert-OH is 1. The standard InChI is InChI=1S/C6H15NO3P/c1-2-5-10-11(9)6(8)3-4-7/h6,8H,2-5,7H2,1H3/q+1. The van der Waals surface area contributed by atoms with E-state index in [0.717, 1.165) is 6.42 Å². The van der Waals surface area contributed by atoms with Crippen LogP contribution < -0.4 is 5.73 Å². The van der Waals surface area contributed by atoms with Crippen molar-refractivity contribution >= 4 is 8.03 Å². The fourth-order valence-electron chi connectivity index (χ4n) is 0.522. The summed E-state index contributed by atoms with van der Waals surface area (Å²) in [7, 11) is -1.93. The lowest BCUT2D eigenvalue weighted by Gasteiger charge is -1.94. The van der Waals surface area contributed by atoms with E-state index in [1.807, 2.05) is 6.92 Å². The van der Waals surface area contributed by atoms with Gasteiger partial charge in [-0.05, 0) is 17.5 Å². The lowest BCUT2D eigenvalue weighted by Crippen LogP contribution is -2.10. The van der Waals surface area contributed by atoms with Crippen LogP contribution in [0, 0.1) is 0 Å². The number of aliphatic hydroxyl groups is 1. The van der Waals surface area contributed by atoms with Crippen LogP contribution in [0.15, 0.2) is 0 Å². The third-order valence-electron chi connectivity index (χ3n) is 1.09. The molecule has 3 N–H and O–H groups in total. The van der Waals surface area contributed by atoms with Crippen molar-refractivity contribution in [3.05, 3.63) is 0 Å². The van der Waals surface area contributed by atoms with Crippen molar-refractivity contribution in [1.29, 1.82) is 0 Å². The molecule has 0 saturated carbocycles. The van der Waals surface area contributed by atoms with E-state index >= 15 is 0 Å². The summed E-state index contributed by atoms with van der Waals surface area (Å²) in [6.07, 6.45) is 1.13. The highest BCUT2D eigenvalue weighted by Gasteiger charge is 2.28. The Labute approximate surface area is 67.6 Å². The van der Waals surface area contributed by atoms with Gasteiger partial charge in [0.2, 0.25) is 0 Å². The van der Waals surface area contributed by atoms with Crippen molar-refractivity contribution in [2.45, 2.75) is 25.6 Å². The van der Waals surface area contributed by atoms with E-state index < -0.39 is 13.9 Å². The molecule has 0 aliphatic heterocycles. The lowest BCUT2D eigenvalue weighted by atomic mass is 10.5. The third kappa shape index (κ3) is 5.27. The van der Waals surface area contributed by atoms with Gasteiger partial charge in [-0.3, -0.25) is 0 Å². The molecule has 66 valence electrons. The highest BCUT2D eigenvalue weighted by Crippen LogP contribution is 2.29. The third-order valence-corrected chi connectivity index (χ3v) is 2.27. The van der Waals surface area contributed by atoms with Crippen LogP contribution in [0.4, 0.5) is 0 Å². The topological polar surface area (TPSA) is 72.5 Å². The molecular weight excluding hydrogens is 165 g/mol. The maximum Gasteiger partial charge on any atom is 0.540 e. The molecule has 0 aliphatic rings. The Balaban J connectivity index is 3.47. The Hall–Kier alpha value is -0.0200. The van der Waals surface area contributed by atoms with E-state index in [4.69, 9.17) is 15.4 Å². The summed E-state index contributed by atoms with van der Waals surface area (Å²) in [5, 5.41) is 9.06. The number of nitrogens with two attached hydrogens (primary N) is 1. The van der Waals surface area contributed by atoms with Gasteiger partial charge in [-0.1, -0.05) is 6.92 Å². The summed E-state index contributed by atoms with van der Waals surface area (Å²) < 4.78 is 15.7. The SMILES string of the molecule is CCCO[P+](=O)C(O)CCN. The molecule has 0 saturated heterocycles. The molecule has 11 heavy (non-hydrogen) atoms. The van der Waals surface area contributed by atoms with E-state index in [-0.39, 0.29) is 0 Å². The minimum atomic E-state index is -1.93. The van der Waals surface area contributed by atoms with Gasteiger partial charge in [0.1, 0.15) is 6.61 Å². The zero-order chi connectivity index (χ0) is 8.69. The fourth-order valence-corrected chi connectivity index (χ4v) is 1.42. The molecule has 0 aromatic heterocycles. The number of hydrogen-bond donors (Lipinski definition) is 2. The molecule has 5 heteroatoms. The summed E-state index contributed by atoms with van der Waals surface area (Å²) in [6.45, 7) is 2.67. The summed E-state index contributed by atoms with van der Waals surface area (Å²) >= 11 is 0. The van der Waals surface area contributed by atoms with Gasteiger partial charge in [0.05, 0.1) is 0 Å². The molecular formula is C6H15NO3P+. The summed E-state index contributed by atoms with van der Waals surface area (Å²) in [5.74, 6) is -0.901. The predicted molar refractivity (Wildman–Crippen MR) is 43.5 cm³/mol. The molecule has 0 aliphatic carbocycles. The Kier molecular flexibility index (Phi) is 6.66. The summed E-state index contributed by atoms with van der Waals surface area (Å²) in [4.78, 5) is 0. The maximum absolute atomic E-state index is 10.9. The monoisotopic (exact) mass is 180 g/mol. The molecule has 4 nitrogen and oxygen atoms in total.